The van der Waals surface area contributed by atoms with Crippen molar-refractivity contribution in [1.82, 2.24) is 9.55 Å². The van der Waals surface area contributed by atoms with Crippen molar-refractivity contribution in [1.29, 1.82) is 0 Å². The molecule has 0 N–H and O–H groups in total. The third-order valence-electron chi connectivity index (χ3n) is 3.69. The molecule has 24 heavy (non-hydrogen) atoms. The Labute approximate surface area is 150 Å². The van der Waals surface area contributed by atoms with Gasteiger partial charge in [-0.25, -0.2) is 4.98 Å². The predicted octanol–water partition coefficient (Wildman–Crippen LogP) is 6.48. The van der Waals surface area contributed by atoms with Gasteiger partial charge in [0.15, 0.2) is 0 Å². The molecule has 0 spiro atoms. The van der Waals surface area contributed by atoms with Crippen LogP contribution in [0.25, 0.3) is 28.1 Å². The molecule has 0 fully saturated rings. The minimum atomic E-state index is 0.944. The second-order valence-corrected chi connectivity index (χ2v) is 5.93. The summed E-state index contributed by atoms with van der Waals surface area (Å²) >= 11 is 3.64. The van der Waals surface area contributed by atoms with Gasteiger partial charge in [-0.1, -0.05) is 78.3 Å². The second kappa shape index (κ2) is 7.45. The van der Waals surface area contributed by atoms with Gasteiger partial charge in [-0.2, -0.15) is 0 Å². The number of hydrogen-bond acceptors (Lipinski definition) is 1. The summed E-state index contributed by atoms with van der Waals surface area (Å²) < 4.78 is 3.25. The van der Waals surface area contributed by atoms with E-state index < -0.39 is 0 Å². The quantitative estimate of drug-likeness (QED) is 0.390. The van der Waals surface area contributed by atoms with Crippen LogP contribution in [0.4, 0.5) is 0 Å². The summed E-state index contributed by atoms with van der Waals surface area (Å²) in [5.74, 6) is 0.944. The first-order valence-electron chi connectivity index (χ1n) is 8.12. The topological polar surface area (TPSA) is 17.8 Å². The number of benzene rings is 3. The smallest absolute Gasteiger partial charge is 0.146 e. The summed E-state index contributed by atoms with van der Waals surface area (Å²) in [7, 11) is 0. The van der Waals surface area contributed by atoms with E-state index >= 15 is 0 Å². The molecule has 4 rings (SSSR count). The van der Waals surface area contributed by atoms with Crippen LogP contribution in [0.3, 0.4) is 0 Å². The molecule has 0 aliphatic heterocycles. The fourth-order valence-corrected chi connectivity index (χ4v) is 3.15. The Bertz CT molecular complexity index is 942. The van der Waals surface area contributed by atoms with E-state index in [0.717, 1.165) is 32.6 Å². The zero-order valence-electron chi connectivity index (χ0n) is 13.8. The molecule has 0 bridgehead atoms. The van der Waals surface area contributed by atoms with Crippen LogP contribution in [0.5, 0.6) is 0 Å². The summed E-state index contributed by atoms with van der Waals surface area (Å²) in [4.78, 5) is 4.85. The number of hydrogen-bond donors (Lipinski definition) is 0. The SMILES string of the molecule is Brc1ccccc1-c1nc2ccccc2n1-c1ccccc1.CC. The van der Waals surface area contributed by atoms with E-state index in [4.69, 9.17) is 4.98 Å². The van der Waals surface area contributed by atoms with Gasteiger partial charge in [-0.15, -0.1) is 0 Å². The molecular weight excluding hydrogens is 360 g/mol. The predicted molar refractivity (Wildman–Crippen MR) is 106 cm³/mol. The summed E-state index contributed by atoms with van der Waals surface area (Å²) in [6.07, 6.45) is 0. The number of fused-ring (bicyclic) bond motifs is 1. The lowest BCUT2D eigenvalue weighted by atomic mass is 10.2. The molecule has 3 aromatic carbocycles. The monoisotopic (exact) mass is 378 g/mol. The van der Waals surface area contributed by atoms with Gasteiger partial charge in [0.05, 0.1) is 11.0 Å². The van der Waals surface area contributed by atoms with Crippen molar-refractivity contribution in [2.24, 2.45) is 0 Å². The van der Waals surface area contributed by atoms with Crippen molar-refractivity contribution in [2.75, 3.05) is 0 Å². The van der Waals surface area contributed by atoms with E-state index in [1.165, 1.54) is 0 Å². The van der Waals surface area contributed by atoms with E-state index in [9.17, 15) is 0 Å². The van der Waals surface area contributed by atoms with E-state index in [1.807, 2.05) is 62.4 Å². The molecule has 0 aliphatic rings. The Hall–Kier alpha value is -2.39. The van der Waals surface area contributed by atoms with Crippen molar-refractivity contribution in [3.63, 3.8) is 0 Å². The van der Waals surface area contributed by atoms with Crippen molar-refractivity contribution in [2.45, 2.75) is 13.8 Å². The van der Waals surface area contributed by atoms with Crippen molar-refractivity contribution >= 4 is 27.0 Å². The summed E-state index contributed by atoms with van der Waals surface area (Å²) in [6.45, 7) is 4.00. The third-order valence-corrected chi connectivity index (χ3v) is 4.38. The van der Waals surface area contributed by atoms with Gasteiger partial charge in [0.2, 0.25) is 0 Å². The maximum atomic E-state index is 4.85. The first-order chi connectivity index (χ1) is 11.8. The number of rotatable bonds is 2. The van der Waals surface area contributed by atoms with E-state index in [2.05, 4.69) is 50.8 Å². The molecule has 0 saturated carbocycles. The lowest BCUT2D eigenvalue weighted by molar-refractivity contribution is 1.10. The van der Waals surface area contributed by atoms with Crippen LogP contribution in [-0.2, 0) is 0 Å². The highest BCUT2D eigenvalue weighted by molar-refractivity contribution is 9.10. The number of para-hydroxylation sites is 3. The second-order valence-electron chi connectivity index (χ2n) is 5.07. The molecule has 2 nitrogen and oxygen atoms in total. The third kappa shape index (κ3) is 3.00. The highest BCUT2D eigenvalue weighted by Crippen LogP contribution is 2.32. The Morgan fingerprint density at radius 3 is 2.12 bits per heavy atom. The number of imidazole rings is 1. The molecule has 4 aromatic rings. The van der Waals surface area contributed by atoms with Crippen molar-refractivity contribution in [3.05, 3.63) is 83.3 Å². The van der Waals surface area contributed by atoms with Crippen LogP contribution in [0.15, 0.2) is 83.3 Å². The average molecular weight is 379 g/mol. The standard InChI is InChI=1S/C19H13BrN2.C2H6/c20-16-11-5-4-10-15(16)19-21-17-12-6-7-13-18(17)22(19)14-8-2-1-3-9-14;1-2/h1-13H;1-2H3. The molecule has 0 atom stereocenters. The number of halogens is 1. The first-order valence-corrected chi connectivity index (χ1v) is 8.92. The van der Waals surface area contributed by atoms with Crippen LogP contribution in [-0.4, -0.2) is 9.55 Å². The van der Waals surface area contributed by atoms with E-state index in [1.54, 1.807) is 0 Å². The number of aromatic nitrogens is 2. The molecule has 0 saturated heterocycles. The zero-order valence-corrected chi connectivity index (χ0v) is 15.4. The van der Waals surface area contributed by atoms with Gasteiger partial charge < -0.3 is 0 Å². The minimum Gasteiger partial charge on any atom is -0.292 e. The van der Waals surface area contributed by atoms with Gasteiger partial charge in [-0.05, 0) is 30.3 Å². The highest BCUT2D eigenvalue weighted by atomic mass is 79.9. The summed E-state index contributed by atoms with van der Waals surface area (Å²) in [5, 5.41) is 0. The van der Waals surface area contributed by atoms with Gasteiger partial charge in [0.25, 0.3) is 0 Å². The Balaban J connectivity index is 0.000000815. The largest absolute Gasteiger partial charge is 0.292 e. The fraction of sp³-hybridized carbons (Fsp3) is 0.0952. The molecule has 1 aromatic heterocycles. The lowest BCUT2D eigenvalue weighted by Crippen LogP contribution is -1.97. The van der Waals surface area contributed by atoms with Gasteiger partial charge >= 0.3 is 0 Å². The molecule has 120 valence electrons. The first kappa shape index (κ1) is 16.5. The normalized spacial score (nSPS) is 10.3. The van der Waals surface area contributed by atoms with E-state index in [-0.39, 0.29) is 0 Å². The number of nitrogens with zero attached hydrogens (tertiary/aromatic N) is 2. The van der Waals surface area contributed by atoms with Crippen molar-refractivity contribution in [3.8, 4) is 17.1 Å². The molecule has 0 amide bonds. The van der Waals surface area contributed by atoms with Crippen LogP contribution in [0, 0.1) is 0 Å². The maximum Gasteiger partial charge on any atom is 0.146 e. The lowest BCUT2D eigenvalue weighted by Gasteiger charge is -2.10. The zero-order chi connectivity index (χ0) is 16.9. The van der Waals surface area contributed by atoms with Crippen LogP contribution in [0.2, 0.25) is 0 Å². The van der Waals surface area contributed by atoms with Crippen LogP contribution < -0.4 is 0 Å². The maximum absolute atomic E-state index is 4.85. The Morgan fingerprint density at radius 1 is 0.750 bits per heavy atom. The van der Waals surface area contributed by atoms with Crippen LogP contribution >= 0.6 is 15.9 Å². The van der Waals surface area contributed by atoms with Crippen LogP contribution in [0.1, 0.15) is 13.8 Å². The molecular formula is C21H19BrN2. The molecule has 3 heteroatoms. The summed E-state index contributed by atoms with van der Waals surface area (Å²) in [5.41, 5.74) is 4.31. The van der Waals surface area contributed by atoms with Gasteiger partial charge in [0.1, 0.15) is 5.82 Å². The molecule has 0 unspecified atom stereocenters. The minimum absolute atomic E-state index is 0.944. The molecule has 0 aliphatic carbocycles. The van der Waals surface area contributed by atoms with Crippen molar-refractivity contribution < 1.29 is 0 Å². The highest BCUT2D eigenvalue weighted by Gasteiger charge is 2.15. The summed E-state index contributed by atoms with van der Waals surface area (Å²) in [6, 6.07) is 26.8. The van der Waals surface area contributed by atoms with Gasteiger partial charge in [0, 0.05) is 15.7 Å². The molecule has 0 radical (unpaired) electrons. The Morgan fingerprint density at radius 2 is 1.38 bits per heavy atom. The Kier molecular flexibility index (Phi) is 5.11. The van der Waals surface area contributed by atoms with E-state index in [0.29, 0.717) is 0 Å². The average Bonchev–Trinajstić information content (AvgIpc) is 3.04. The fourth-order valence-electron chi connectivity index (χ4n) is 2.69. The van der Waals surface area contributed by atoms with Gasteiger partial charge in [-0.3, -0.25) is 4.57 Å². The molecule has 1 heterocycles.